The second-order valence-corrected chi connectivity index (χ2v) is 13.7. The van der Waals surface area contributed by atoms with E-state index in [4.69, 9.17) is 9.47 Å². The van der Waals surface area contributed by atoms with Gasteiger partial charge in [-0.2, -0.15) is 0 Å². The van der Waals surface area contributed by atoms with Crippen molar-refractivity contribution in [3.63, 3.8) is 0 Å². The first kappa shape index (κ1) is 44.7. The van der Waals surface area contributed by atoms with Crippen molar-refractivity contribution < 1.29 is 39.8 Å². The number of aliphatic hydroxyl groups is 5. The third-order valence-electron chi connectivity index (χ3n) is 9.25. The topological polar surface area (TPSA) is 149 Å². The van der Waals surface area contributed by atoms with Crippen molar-refractivity contribution in [3.8, 4) is 0 Å². The lowest BCUT2D eigenvalue weighted by Crippen LogP contribution is -2.60. The standard InChI is InChI=1S/C39H73NO8/c1-3-5-7-9-11-13-15-17-18-20-22-24-26-28-33(42)32(31-47-39-38(46)37(45)36(44)34(30-41)48-39)40-35(43)29-27-25-23-21-19-16-14-12-10-8-6-4-2/h7,9,26,28,32-34,36-39,41-42,44-46H,3-6,8,10-25,27,29-31H2,1-2H3,(H,40,43)/b9-7+,28-26+/t32-,33+,34+,36+,37?,38?,39+/m0/s1. The van der Waals surface area contributed by atoms with Crippen LogP contribution in [0.3, 0.4) is 0 Å². The molecule has 48 heavy (non-hydrogen) atoms. The molecule has 0 aliphatic carbocycles. The maximum absolute atomic E-state index is 12.8. The molecule has 1 fully saturated rings. The van der Waals surface area contributed by atoms with Gasteiger partial charge < -0.3 is 40.3 Å². The molecule has 1 aliphatic rings. The van der Waals surface area contributed by atoms with Gasteiger partial charge in [0.05, 0.1) is 25.4 Å². The summed E-state index contributed by atoms with van der Waals surface area (Å²) in [6.07, 6.45) is 26.4. The zero-order chi connectivity index (χ0) is 35.2. The number of allylic oxidation sites excluding steroid dienone is 3. The summed E-state index contributed by atoms with van der Waals surface area (Å²) in [7, 11) is 0. The Bertz CT molecular complexity index is 807. The van der Waals surface area contributed by atoms with Gasteiger partial charge in [0.25, 0.3) is 0 Å². The molecule has 7 atom stereocenters. The van der Waals surface area contributed by atoms with Gasteiger partial charge in [0.15, 0.2) is 6.29 Å². The molecule has 0 saturated carbocycles. The molecule has 1 heterocycles. The molecule has 0 bridgehead atoms. The average Bonchev–Trinajstić information content (AvgIpc) is 3.08. The maximum Gasteiger partial charge on any atom is 0.220 e. The van der Waals surface area contributed by atoms with Crippen LogP contribution in [0, 0.1) is 0 Å². The van der Waals surface area contributed by atoms with Crippen LogP contribution in [0.5, 0.6) is 0 Å². The van der Waals surface area contributed by atoms with Crippen LogP contribution in [-0.4, -0.2) is 87.5 Å². The van der Waals surface area contributed by atoms with Crippen LogP contribution in [0.1, 0.15) is 162 Å². The van der Waals surface area contributed by atoms with Crippen LogP contribution >= 0.6 is 0 Å². The van der Waals surface area contributed by atoms with Crippen LogP contribution in [0.4, 0.5) is 0 Å². The minimum atomic E-state index is -1.56. The second-order valence-electron chi connectivity index (χ2n) is 13.7. The van der Waals surface area contributed by atoms with Gasteiger partial charge in [0, 0.05) is 6.42 Å². The molecule has 1 amide bonds. The van der Waals surface area contributed by atoms with Crippen molar-refractivity contribution in [2.75, 3.05) is 13.2 Å². The fourth-order valence-corrected chi connectivity index (χ4v) is 6.04. The molecule has 1 saturated heterocycles. The van der Waals surface area contributed by atoms with Crippen LogP contribution in [-0.2, 0) is 14.3 Å². The minimum Gasteiger partial charge on any atom is -0.394 e. The van der Waals surface area contributed by atoms with Gasteiger partial charge in [-0.05, 0) is 38.5 Å². The van der Waals surface area contributed by atoms with Crippen molar-refractivity contribution in [1.82, 2.24) is 5.32 Å². The first-order valence-corrected chi connectivity index (χ1v) is 19.6. The van der Waals surface area contributed by atoms with Gasteiger partial charge in [-0.1, -0.05) is 141 Å². The number of rotatable bonds is 31. The first-order valence-electron chi connectivity index (χ1n) is 19.6. The molecule has 1 rings (SSSR count). The number of carbonyl (C=O) groups excluding carboxylic acids is 1. The predicted molar refractivity (Wildman–Crippen MR) is 193 cm³/mol. The Hall–Kier alpha value is -1.33. The maximum atomic E-state index is 12.8. The molecule has 0 spiro atoms. The van der Waals surface area contributed by atoms with E-state index in [0.29, 0.717) is 6.42 Å². The molecule has 9 heteroatoms. The number of carbonyl (C=O) groups is 1. The molecule has 9 nitrogen and oxygen atoms in total. The summed E-state index contributed by atoms with van der Waals surface area (Å²) in [5.74, 6) is -0.183. The Balaban J connectivity index is 2.46. The number of nitrogens with one attached hydrogen (secondary N) is 1. The molecule has 2 unspecified atom stereocenters. The largest absolute Gasteiger partial charge is 0.394 e. The fraction of sp³-hybridized carbons (Fsp3) is 0.872. The van der Waals surface area contributed by atoms with Gasteiger partial charge >= 0.3 is 0 Å². The molecule has 282 valence electrons. The molecular weight excluding hydrogens is 610 g/mol. The summed E-state index contributed by atoms with van der Waals surface area (Å²) < 4.78 is 11.1. The van der Waals surface area contributed by atoms with Crippen LogP contribution in [0.2, 0.25) is 0 Å². The minimum absolute atomic E-state index is 0.183. The highest BCUT2D eigenvalue weighted by Crippen LogP contribution is 2.22. The summed E-state index contributed by atoms with van der Waals surface area (Å²) in [4.78, 5) is 12.8. The van der Waals surface area contributed by atoms with Crippen LogP contribution in [0.15, 0.2) is 24.3 Å². The summed E-state index contributed by atoms with van der Waals surface area (Å²) in [6.45, 7) is 3.68. The van der Waals surface area contributed by atoms with E-state index in [-0.39, 0.29) is 12.5 Å². The van der Waals surface area contributed by atoms with E-state index in [2.05, 4.69) is 31.3 Å². The smallest absolute Gasteiger partial charge is 0.220 e. The van der Waals surface area contributed by atoms with Gasteiger partial charge in [-0.25, -0.2) is 0 Å². The molecule has 0 aromatic carbocycles. The lowest BCUT2D eigenvalue weighted by Gasteiger charge is -2.40. The quantitative estimate of drug-likeness (QED) is 0.0346. The number of unbranched alkanes of at least 4 members (excludes halogenated alkanes) is 19. The van der Waals surface area contributed by atoms with E-state index < -0.39 is 49.5 Å². The Morgan fingerprint density at radius 3 is 1.77 bits per heavy atom. The van der Waals surface area contributed by atoms with E-state index in [1.54, 1.807) is 6.08 Å². The van der Waals surface area contributed by atoms with Gasteiger partial charge in [-0.15, -0.1) is 0 Å². The van der Waals surface area contributed by atoms with Crippen molar-refractivity contribution in [2.24, 2.45) is 0 Å². The summed E-state index contributed by atoms with van der Waals surface area (Å²) in [5.41, 5.74) is 0. The normalized spacial score (nSPS) is 22.9. The molecule has 0 aromatic rings. The van der Waals surface area contributed by atoms with Crippen LogP contribution < -0.4 is 5.32 Å². The lowest BCUT2D eigenvalue weighted by atomic mass is 9.99. The number of aliphatic hydroxyl groups excluding tert-OH is 5. The van der Waals surface area contributed by atoms with Gasteiger partial charge in [0.2, 0.25) is 5.91 Å². The van der Waals surface area contributed by atoms with E-state index in [0.717, 1.165) is 44.9 Å². The Morgan fingerprint density at radius 1 is 0.688 bits per heavy atom. The predicted octanol–water partition coefficient (Wildman–Crippen LogP) is 6.77. The molecular formula is C39H73NO8. The summed E-state index contributed by atoms with van der Waals surface area (Å²) in [6, 6.07) is -0.801. The second kappa shape index (κ2) is 30.5. The zero-order valence-electron chi connectivity index (χ0n) is 30.5. The first-order chi connectivity index (χ1) is 23.3. The Labute approximate surface area is 292 Å². The summed E-state index contributed by atoms with van der Waals surface area (Å²) in [5, 5.41) is 53.9. The highest BCUT2D eigenvalue weighted by Gasteiger charge is 2.44. The van der Waals surface area contributed by atoms with E-state index >= 15 is 0 Å². The number of hydrogen-bond acceptors (Lipinski definition) is 8. The van der Waals surface area contributed by atoms with Crippen molar-refractivity contribution in [3.05, 3.63) is 24.3 Å². The SMILES string of the molecule is CCC/C=C/CCCCCCCC/C=C/[C@@H](O)[C@H](CO[C@@H]1O[C@H](CO)[C@@H](O)C(O)C1O)NC(=O)CCCCCCCCCCCCCC. The third kappa shape index (κ3) is 21.7. The number of amides is 1. The molecule has 1 aliphatic heterocycles. The monoisotopic (exact) mass is 684 g/mol. The van der Waals surface area contributed by atoms with Gasteiger partial charge in [-0.3, -0.25) is 4.79 Å². The van der Waals surface area contributed by atoms with E-state index in [1.807, 2.05) is 6.08 Å². The van der Waals surface area contributed by atoms with Crippen molar-refractivity contribution in [2.45, 2.75) is 204 Å². The molecule has 6 N–H and O–H groups in total. The lowest BCUT2D eigenvalue weighted by molar-refractivity contribution is -0.302. The van der Waals surface area contributed by atoms with Gasteiger partial charge in [0.1, 0.15) is 24.4 Å². The molecule has 0 radical (unpaired) electrons. The van der Waals surface area contributed by atoms with E-state index in [9.17, 15) is 30.3 Å². The van der Waals surface area contributed by atoms with E-state index in [1.165, 1.54) is 96.3 Å². The van der Waals surface area contributed by atoms with Crippen molar-refractivity contribution >= 4 is 5.91 Å². The highest BCUT2D eigenvalue weighted by atomic mass is 16.7. The number of hydrogen-bond donors (Lipinski definition) is 6. The highest BCUT2D eigenvalue weighted by molar-refractivity contribution is 5.76. The Kier molecular flexibility index (Phi) is 28.4. The molecule has 0 aromatic heterocycles. The van der Waals surface area contributed by atoms with Crippen molar-refractivity contribution in [1.29, 1.82) is 0 Å². The zero-order valence-corrected chi connectivity index (χ0v) is 30.5. The van der Waals surface area contributed by atoms with Crippen LogP contribution in [0.25, 0.3) is 0 Å². The third-order valence-corrected chi connectivity index (χ3v) is 9.25. The average molecular weight is 684 g/mol. The summed E-state index contributed by atoms with van der Waals surface area (Å²) >= 11 is 0. The number of ether oxygens (including phenoxy) is 2. The fourth-order valence-electron chi connectivity index (χ4n) is 6.04. The Morgan fingerprint density at radius 2 is 1.21 bits per heavy atom.